The Labute approximate surface area is 111 Å². The molecule has 2 rings (SSSR count). The van der Waals surface area contributed by atoms with E-state index in [1.165, 1.54) is 23.7 Å². The van der Waals surface area contributed by atoms with Crippen LogP contribution in [0.2, 0.25) is 0 Å². The molecule has 0 fully saturated rings. The molecule has 0 saturated heterocycles. The van der Waals surface area contributed by atoms with E-state index in [9.17, 15) is 4.79 Å². The van der Waals surface area contributed by atoms with Crippen LogP contribution in [0, 0.1) is 10.5 Å². The Morgan fingerprint density at radius 1 is 1.44 bits per heavy atom. The van der Waals surface area contributed by atoms with E-state index >= 15 is 0 Å². The van der Waals surface area contributed by atoms with Gasteiger partial charge in [-0.1, -0.05) is 29.5 Å². The first kappa shape index (κ1) is 11.7. The highest BCUT2D eigenvalue weighted by molar-refractivity contribution is 14.1. The van der Waals surface area contributed by atoms with Gasteiger partial charge in [0.2, 0.25) is 0 Å². The summed E-state index contributed by atoms with van der Waals surface area (Å²) in [7, 11) is 0. The lowest BCUT2D eigenvalue weighted by atomic mass is 10.2. The predicted molar refractivity (Wildman–Crippen MR) is 72.9 cm³/mol. The van der Waals surface area contributed by atoms with E-state index in [4.69, 9.17) is 0 Å². The molecule has 0 aliphatic rings. The number of hydrogen-bond donors (Lipinski definition) is 1. The largest absolute Gasteiger partial charge is 0.312 e. The molecule has 0 unspecified atom stereocenters. The Morgan fingerprint density at radius 2 is 2.25 bits per heavy atom. The van der Waals surface area contributed by atoms with Crippen molar-refractivity contribution in [2.24, 2.45) is 0 Å². The fourth-order valence-electron chi connectivity index (χ4n) is 1.23. The van der Waals surface area contributed by atoms with Crippen LogP contribution in [0.15, 0.2) is 45.3 Å². The molecule has 0 aliphatic carbocycles. The molecule has 82 valence electrons. The SMILES string of the molecule is Cc1cccc(Sc2nc[nH]c(=O)c2I)c1. The van der Waals surface area contributed by atoms with Crippen LogP contribution < -0.4 is 5.56 Å². The van der Waals surface area contributed by atoms with Crippen LogP contribution in [0.1, 0.15) is 5.56 Å². The van der Waals surface area contributed by atoms with E-state index in [1.807, 2.05) is 47.7 Å². The van der Waals surface area contributed by atoms with Crippen molar-refractivity contribution in [3.05, 3.63) is 50.1 Å². The van der Waals surface area contributed by atoms with Crippen molar-refractivity contribution >= 4 is 34.4 Å². The van der Waals surface area contributed by atoms with Gasteiger partial charge in [-0.2, -0.15) is 0 Å². The molecule has 16 heavy (non-hydrogen) atoms. The molecule has 0 aliphatic heterocycles. The number of rotatable bonds is 2. The second-order valence-corrected chi connectivity index (χ2v) is 5.41. The quantitative estimate of drug-likeness (QED) is 0.673. The molecule has 0 radical (unpaired) electrons. The molecule has 0 amide bonds. The maximum absolute atomic E-state index is 11.4. The summed E-state index contributed by atoms with van der Waals surface area (Å²) in [5.41, 5.74) is 1.11. The van der Waals surface area contributed by atoms with E-state index < -0.39 is 0 Å². The number of nitrogens with one attached hydrogen (secondary N) is 1. The van der Waals surface area contributed by atoms with Gasteiger partial charge in [-0.3, -0.25) is 4.79 Å². The molecule has 3 nitrogen and oxygen atoms in total. The number of nitrogens with zero attached hydrogens (tertiary/aromatic N) is 1. The Hall–Kier alpha value is -0.820. The Bertz CT molecular complexity index is 568. The van der Waals surface area contributed by atoms with Crippen LogP contribution in [-0.2, 0) is 0 Å². The second kappa shape index (κ2) is 5.01. The molecule has 1 aromatic heterocycles. The van der Waals surface area contributed by atoms with Crippen LogP contribution in [0.4, 0.5) is 0 Å². The normalized spacial score (nSPS) is 10.4. The van der Waals surface area contributed by atoms with Gasteiger partial charge in [0.1, 0.15) is 8.60 Å². The van der Waals surface area contributed by atoms with Crippen LogP contribution in [0.3, 0.4) is 0 Å². The zero-order chi connectivity index (χ0) is 11.5. The number of hydrogen-bond acceptors (Lipinski definition) is 3. The topological polar surface area (TPSA) is 45.8 Å². The second-order valence-electron chi connectivity index (χ2n) is 3.27. The minimum absolute atomic E-state index is 0.0919. The third kappa shape index (κ3) is 2.65. The van der Waals surface area contributed by atoms with E-state index in [-0.39, 0.29) is 5.56 Å². The first-order chi connectivity index (χ1) is 7.66. The molecule has 5 heteroatoms. The number of aromatic nitrogens is 2. The molecule has 0 saturated carbocycles. The van der Waals surface area contributed by atoms with E-state index in [0.29, 0.717) is 3.57 Å². The van der Waals surface area contributed by atoms with Gasteiger partial charge < -0.3 is 4.98 Å². The van der Waals surface area contributed by atoms with Crippen LogP contribution >= 0.6 is 34.4 Å². The minimum Gasteiger partial charge on any atom is -0.312 e. The molecule has 1 N–H and O–H groups in total. The number of aromatic amines is 1. The molecule has 2 aromatic rings. The van der Waals surface area contributed by atoms with Gasteiger partial charge in [-0.05, 0) is 41.6 Å². The van der Waals surface area contributed by atoms with E-state index in [2.05, 4.69) is 16.0 Å². The molecule has 0 atom stereocenters. The first-order valence-electron chi connectivity index (χ1n) is 4.64. The lowest BCUT2D eigenvalue weighted by Crippen LogP contribution is -2.10. The van der Waals surface area contributed by atoms with Crippen molar-refractivity contribution in [2.45, 2.75) is 16.8 Å². The Balaban J connectivity index is 2.34. The Morgan fingerprint density at radius 3 is 3.00 bits per heavy atom. The van der Waals surface area contributed by atoms with Crippen LogP contribution in [-0.4, -0.2) is 9.97 Å². The van der Waals surface area contributed by atoms with Crippen LogP contribution in [0.25, 0.3) is 0 Å². The fraction of sp³-hybridized carbons (Fsp3) is 0.0909. The lowest BCUT2D eigenvalue weighted by Gasteiger charge is -2.02. The van der Waals surface area contributed by atoms with Gasteiger partial charge in [0.15, 0.2) is 0 Å². The first-order valence-corrected chi connectivity index (χ1v) is 6.54. The summed E-state index contributed by atoms with van der Waals surface area (Å²) in [4.78, 5) is 19.2. The molecular formula is C11H9IN2OS. The summed E-state index contributed by atoms with van der Waals surface area (Å²) in [6.07, 6.45) is 1.43. The van der Waals surface area contributed by atoms with E-state index in [1.54, 1.807) is 0 Å². The van der Waals surface area contributed by atoms with Gasteiger partial charge in [0.05, 0.1) is 6.33 Å². The summed E-state index contributed by atoms with van der Waals surface area (Å²) in [5, 5.41) is 0.745. The minimum atomic E-state index is -0.0919. The highest BCUT2D eigenvalue weighted by Gasteiger charge is 2.06. The highest BCUT2D eigenvalue weighted by atomic mass is 127. The third-order valence-electron chi connectivity index (χ3n) is 1.97. The molecule has 0 bridgehead atoms. The van der Waals surface area contributed by atoms with Gasteiger partial charge in [0.25, 0.3) is 5.56 Å². The van der Waals surface area contributed by atoms with Crippen molar-refractivity contribution in [3.8, 4) is 0 Å². The van der Waals surface area contributed by atoms with Gasteiger partial charge in [-0.25, -0.2) is 4.98 Å². The van der Waals surface area contributed by atoms with E-state index in [0.717, 1.165) is 9.92 Å². The van der Waals surface area contributed by atoms with Gasteiger partial charge in [0, 0.05) is 4.90 Å². The number of benzene rings is 1. The fourth-order valence-corrected chi connectivity index (χ4v) is 2.76. The van der Waals surface area contributed by atoms with Crippen LogP contribution in [0.5, 0.6) is 0 Å². The zero-order valence-corrected chi connectivity index (χ0v) is 11.5. The Kier molecular flexibility index (Phi) is 3.65. The maximum Gasteiger partial charge on any atom is 0.265 e. The smallest absolute Gasteiger partial charge is 0.265 e. The summed E-state index contributed by atoms with van der Waals surface area (Å²) in [5.74, 6) is 0. The summed E-state index contributed by atoms with van der Waals surface area (Å²) >= 11 is 3.52. The predicted octanol–water partition coefficient (Wildman–Crippen LogP) is 2.83. The molecule has 0 spiro atoms. The number of H-pyrrole nitrogens is 1. The lowest BCUT2D eigenvalue weighted by molar-refractivity contribution is 0.987. The van der Waals surface area contributed by atoms with Crippen molar-refractivity contribution in [3.63, 3.8) is 0 Å². The summed E-state index contributed by atoms with van der Waals surface area (Å²) < 4.78 is 0.631. The average Bonchev–Trinajstić information content (AvgIpc) is 2.25. The number of halogens is 1. The van der Waals surface area contributed by atoms with Crippen molar-refractivity contribution in [2.75, 3.05) is 0 Å². The summed E-state index contributed by atoms with van der Waals surface area (Å²) in [6.45, 7) is 2.04. The standard InChI is InChI=1S/C11H9IN2OS/c1-7-3-2-4-8(5-7)16-11-9(12)10(15)13-6-14-11/h2-6H,1H3,(H,13,14,15). The maximum atomic E-state index is 11.4. The monoisotopic (exact) mass is 344 g/mol. The van der Waals surface area contributed by atoms with Crippen molar-refractivity contribution < 1.29 is 0 Å². The van der Waals surface area contributed by atoms with Gasteiger partial charge >= 0.3 is 0 Å². The van der Waals surface area contributed by atoms with Crippen molar-refractivity contribution in [1.29, 1.82) is 0 Å². The third-order valence-corrected chi connectivity index (χ3v) is 4.33. The molecular weight excluding hydrogens is 335 g/mol. The highest BCUT2D eigenvalue weighted by Crippen LogP contribution is 2.28. The molecule has 1 aromatic carbocycles. The van der Waals surface area contributed by atoms with Crippen molar-refractivity contribution in [1.82, 2.24) is 9.97 Å². The van der Waals surface area contributed by atoms with Gasteiger partial charge in [-0.15, -0.1) is 0 Å². The summed E-state index contributed by atoms with van der Waals surface area (Å²) in [6, 6.07) is 8.12. The molecule has 1 heterocycles. The average molecular weight is 344 g/mol. The number of aryl methyl sites for hydroxylation is 1. The zero-order valence-electron chi connectivity index (χ0n) is 8.53.